The molecule has 0 saturated carbocycles. The first-order valence-electron chi connectivity index (χ1n) is 3.71. The van der Waals surface area contributed by atoms with Crippen LogP contribution in [0, 0.1) is 10.1 Å². The van der Waals surface area contributed by atoms with Crippen LogP contribution in [0.25, 0.3) is 0 Å². The van der Waals surface area contributed by atoms with Crippen molar-refractivity contribution in [3.8, 4) is 0 Å². The molecule has 0 bridgehead atoms. The number of imidazole rings is 1. The van der Waals surface area contributed by atoms with Gasteiger partial charge in [-0.25, -0.2) is 0 Å². The number of halogens is 2. The lowest BCUT2D eigenvalue weighted by Gasteiger charge is -2.02. The van der Waals surface area contributed by atoms with Gasteiger partial charge in [0.1, 0.15) is 6.73 Å². The van der Waals surface area contributed by atoms with E-state index in [0.717, 1.165) is 0 Å². The lowest BCUT2D eigenvalue weighted by atomic mass is 10.8. The number of ether oxygens (including phenoxy) is 1. The summed E-state index contributed by atoms with van der Waals surface area (Å²) >= 11 is 6.19. The molecule has 0 spiro atoms. The minimum atomic E-state index is -0.558. The number of nitro groups is 1. The van der Waals surface area contributed by atoms with E-state index in [1.807, 2.05) is 6.92 Å². The molecule has 0 aromatic carbocycles. The lowest BCUT2D eigenvalue weighted by Crippen LogP contribution is -2.02. The van der Waals surface area contributed by atoms with Crippen LogP contribution in [-0.4, -0.2) is 21.1 Å². The Balaban J connectivity index is 2.99. The van der Waals surface area contributed by atoms with Crippen LogP contribution in [0.5, 0.6) is 0 Å². The molecular formula is C6H7Br2N3O3. The average molecular weight is 329 g/mol. The van der Waals surface area contributed by atoms with E-state index in [1.165, 1.54) is 4.57 Å². The largest absolute Gasteiger partial charge is 0.397 e. The van der Waals surface area contributed by atoms with Gasteiger partial charge >= 0.3 is 5.82 Å². The van der Waals surface area contributed by atoms with Crippen LogP contribution in [0.4, 0.5) is 5.82 Å². The van der Waals surface area contributed by atoms with Gasteiger partial charge < -0.3 is 14.9 Å². The molecule has 6 nitrogen and oxygen atoms in total. The topological polar surface area (TPSA) is 70.2 Å². The van der Waals surface area contributed by atoms with Gasteiger partial charge in [0.15, 0.2) is 4.60 Å². The third-order valence-corrected chi connectivity index (χ3v) is 2.83. The molecule has 0 unspecified atom stereocenters. The van der Waals surface area contributed by atoms with E-state index >= 15 is 0 Å². The highest BCUT2D eigenvalue weighted by molar-refractivity contribution is 9.11. The highest BCUT2D eigenvalue weighted by Gasteiger charge is 2.23. The van der Waals surface area contributed by atoms with E-state index in [4.69, 9.17) is 4.74 Å². The van der Waals surface area contributed by atoms with Crippen LogP contribution >= 0.6 is 31.9 Å². The Morgan fingerprint density at radius 2 is 2.29 bits per heavy atom. The summed E-state index contributed by atoms with van der Waals surface area (Å²) in [6.07, 6.45) is 0. The van der Waals surface area contributed by atoms with Crippen LogP contribution in [0.1, 0.15) is 6.92 Å². The monoisotopic (exact) mass is 327 g/mol. The van der Waals surface area contributed by atoms with Crippen molar-refractivity contribution >= 4 is 37.7 Å². The van der Waals surface area contributed by atoms with Gasteiger partial charge in [-0.1, -0.05) is 0 Å². The van der Waals surface area contributed by atoms with Crippen molar-refractivity contribution < 1.29 is 9.66 Å². The molecule has 0 aliphatic carbocycles. The molecule has 0 radical (unpaired) electrons. The Kier molecular flexibility index (Phi) is 4.02. The first-order chi connectivity index (χ1) is 6.57. The first-order valence-corrected chi connectivity index (χ1v) is 5.30. The van der Waals surface area contributed by atoms with Gasteiger partial charge in [0.2, 0.25) is 0 Å². The summed E-state index contributed by atoms with van der Waals surface area (Å²) in [7, 11) is 0. The fourth-order valence-electron chi connectivity index (χ4n) is 0.804. The molecule has 14 heavy (non-hydrogen) atoms. The minimum Gasteiger partial charge on any atom is -0.361 e. The van der Waals surface area contributed by atoms with Gasteiger partial charge in [0.05, 0.1) is 0 Å². The standard InChI is InChI=1S/C6H7Br2N3O3/c1-2-14-3-10-4(7)5(11(12)13)9-6(10)8/h2-3H2,1H3. The number of nitrogens with zero attached hydrogens (tertiary/aromatic N) is 3. The van der Waals surface area contributed by atoms with Crippen molar-refractivity contribution in [1.82, 2.24) is 9.55 Å². The fraction of sp³-hybridized carbons (Fsp3) is 0.500. The number of hydrogen-bond acceptors (Lipinski definition) is 4. The molecule has 0 N–H and O–H groups in total. The summed E-state index contributed by atoms with van der Waals surface area (Å²) in [5.74, 6) is -0.225. The van der Waals surface area contributed by atoms with Crippen LogP contribution in [-0.2, 0) is 11.5 Å². The Morgan fingerprint density at radius 3 is 2.71 bits per heavy atom. The van der Waals surface area contributed by atoms with Gasteiger partial charge in [-0.2, -0.15) is 0 Å². The summed E-state index contributed by atoms with van der Waals surface area (Å²) in [6, 6.07) is 0. The second-order valence-electron chi connectivity index (χ2n) is 2.30. The molecule has 8 heteroatoms. The Bertz CT molecular complexity index is 352. The average Bonchev–Trinajstić information content (AvgIpc) is 2.40. The van der Waals surface area contributed by atoms with Crippen molar-refractivity contribution in [2.75, 3.05) is 6.61 Å². The van der Waals surface area contributed by atoms with E-state index < -0.39 is 4.92 Å². The molecule has 78 valence electrons. The molecule has 0 amide bonds. The molecule has 1 aromatic heterocycles. The molecular weight excluding hydrogens is 322 g/mol. The van der Waals surface area contributed by atoms with Gasteiger partial charge in [-0.05, 0) is 32.8 Å². The first kappa shape index (κ1) is 11.6. The van der Waals surface area contributed by atoms with Crippen molar-refractivity contribution in [3.63, 3.8) is 0 Å². The zero-order valence-electron chi connectivity index (χ0n) is 7.24. The zero-order valence-corrected chi connectivity index (χ0v) is 10.4. The fourth-order valence-corrected chi connectivity index (χ4v) is 1.99. The van der Waals surface area contributed by atoms with E-state index in [1.54, 1.807) is 0 Å². The summed E-state index contributed by atoms with van der Waals surface area (Å²) in [5, 5.41) is 10.5. The summed E-state index contributed by atoms with van der Waals surface area (Å²) in [6.45, 7) is 2.59. The second-order valence-corrected chi connectivity index (χ2v) is 3.76. The third kappa shape index (κ3) is 2.31. The Hall–Kier alpha value is -0.470. The molecule has 0 aliphatic rings. The number of rotatable bonds is 4. The molecule has 0 saturated heterocycles. The van der Waals surface area contributed by atoms with Crippen molar-refractivity contribution in [3.05, 3.63) is 19.5 Å². The van der Waals surface area contributed by atoms with Crippen LogP contribution in [0.2, 0.25) is 0 Å². The SMILES string of the molecule is CCOCn1c(Br)nc([N+](=O)[O-])c1Br. The van der Waals surface area contributed by atoms with E-state index in [2.05, 4.69) is 36.8 Å². The lowest BCUT2D eigenvalue weighted by molar-refractivity contribution is -0.390. The predicted octanol–water partition coefficient (Wildman–Crippen LogP) is 2.31. The second kappa shape index (κ2) is 4.85. The zero-order chi connectivity index (χ0) is 10.7. The normalized spacial score (nSPS) is 10.5. The van der Waals surface area contributed by atoms with Crippen molar-refractivity contribution in [2.24, 2.45) is 0 Å². The Morgan fingerprint density at radius 1 is 1.64 bits per heavy atom. The van der Waals surface area contributed by atoms with Gasteiger partial charge in [-0.15, -0.1) is 0 Å². The number of hydrogen-bond donors (Lipinski definition) is 0. The van der Waals surface area contributed by atoms with E-state index in [0.29, 0.717) is 15.9 Å². The smallest absolute Gasteiger partial charge is 0.361 e. The highest BCUT2D eigenvalue weighted by Crippen LogP contribution is 2.28. The third-order valence-electron chi connectivity index (χ3n) is 1.44. The van der Waals surface area contributed by atoms with Crippen molar-refractivity contribution in [1.29, 1.82) is 0 Å². The predicted molar refractivity (Wildman–Crippen MR) is 55.9 cm³/mol. The maximum Gasteiger partial charge on any atom is 0.397 e. The van der Waals surface area contributed by atoms with E-state index in [9.17, 15) is 10.1 Å². The molecule has 0 atom stereocenters. The molecule has 1 aromatic rings. The maximum absolute atomic E-state index is 10.5. The van der Waals surface area contributed by atoms with Gasteiger partial charge in [0, 0.05) is 22.5 Å². The van der Waals surface area contributed by atoms with Crippen molar-refractivity contribution in [2.45, 2.75) is 13.7 Å². The van der Waals surface area contributed by atoms with Gasteiger partial charge in [0.25, 0.3) is 4.73 Å². The van der Waals surface area contributed by atoms with Crippen LogP contribution < -0.4 is 0 Å². The molecule has 0 aliphatic heterocycles. The molecule has 1 rings (SSSR count). The number of aromatic nitrogens is 2. The maximum atomic E-state index is 10.5. The molecule has 0 fully saturated rings. The summed E-state index contributed by atoms with van der Waals surface area (Å²) < 4.78 is 7.29. The minimum absolute atomic E-state index is 0.221. The van der Waals surface area contributed by atoms with Gasteiger partial charge in [-0.3, -0.25) is 4.57 Å². The highest BCUT2D eigenvalue weighted by atomic mass is 79.9. The summed E-state index contributed by atoms with van der Waals surface area (Å²) in [5.41, 5.74) is 0. The van der Waals surface area contributed by atoms with Crippen LogP contribution in [0.3, 0.4) is 0 Å². The Labute approximate surface area is 96.7 Å². The van der Waals surface area contributed by atoms with Crippen LogP contribution in [0.15, 0.2) is 9.34 Å². The quantitative estimate of drug-likeness (QED) is 0.628. The molecule has 1 heterocycles. The summed E-state index contributed by atoms with van der Waals surface area (Å²) in [4.78, 5) is 13.7. The van der Waals surface area contributed by atoms with E-state index in [-0.39, 0.29) is 12.5 Å².